The summed E-state index contributed by atoms with van der Waals surface area (Å²) in [6, 6.07) is 21.4. The number of fused-ring (bicyclic) bond motifs is 4. The van der Waals surface area contributed by atoms with Crippen molar-refractivity contribution in [3.63, 3.8) is 0 Å². The maximum atomic E-state index is 12.2. The molecule has 0 atom stereocenters. The van der Waals surface area contributed by atoms with Crippen LogP contribution < -0.4 is 10.6 Å². The van der Waals surface area contributed by atoms with Gasteiger partial charge < -0.3 is 15.4 Å². The van der Waals surface area contributed by atoms with Gasteiger partial charge in [0.25, 0.3) is 11.7 Å². The third-order valence-electron chi connectivity index (χ3n) is 5.81. The zero-order chi connectivity index (χ0) is 22.8. The van der Waals surface area contributed by atoms with Gasteiger partial charge in [0.05, 0.1) is 11.3 Å². The molecule has 2 aliphatic rings. The molecule has 6 heteroatoms. The van der Waals surface area contributed by atoms with Gasteiger partial charge in [0, 0.05) is 24.4 Å². The van der Waals surface area contributed by atoms with Crippen molar-refractivity contribution < 1.29 is 19.1 Å². The van der Waals surface area contributed by atoms with Crippen molar-refractivity contribution in [1.82, 2.24) is 5.32 Å². The molecule has 6 nitrogen and oxygen atoms in total. The van der Waals surface area contributed by atoms with Crippen molar-refractivity contribution in [3.05, 3.63) is 89.0 Å². The van der Waals surface area contributed by atoms with Crippen LogP contribution in [-0.2, 0) is 9.53 Å². The summed E-state index contributed by atoms with van der Waals surface area (Å²) < 4.78 is 5.50. The van der Waals surface area contributed by atoms with Crippen LogP contribution in [0, 0.1) is 11.8 Å². The van der Waals surface area contributed by atoms with Gasteiger partial charge in [0.1, 0.15) is 6.61 Å². The summed E-state index contributed by atoms with van der Waals surface area (Å²) in [5.74, 6) is 4.76. The van der Waals surface area contributed by atoms with E-state index in [1.165, 1.54) is 22.3 Å². The van der Waals surface area contributed by atoms with Crippen LogP contribution in [0.1, 0.15) is 39.4 Å². The predicted molar refractivity (Wildman–Crippen MR) is 124 cm³/mol. The molecule has 0 fully saturated rings. The van der Waals surface area contributed by atoms with Crippen molar-refractivity contribution >= 4 is 23.5 Å². The molecule has 0 unspecified atom stereocenters. The molecule has 0 aromatic heterocycles. The monoisotopic (exact) mass is 436 g/mol. The van der Waals surface area contributed by atoms with E-state index in [-0.39, 0.29) is 12.5 Å². The second-order valence-corrected chi connectivity index (χ2v) is 7.85. The van der Waals surface area contributed by atoms with Crippen LogP contribution in [0.15, 0.2) is 66.7 Å². The molecule has 0 bridgehead atoms. The summed E-state index contributed by atoms with van der Waals surface area (Å²) in [6.45, 7) is 0.606. The molecule has 3 aromatic rings. The standard InChI is InChI=1S/C27H20N2O4/c30-25-22-15-17(12-13-24(22)29-26(25)31)7-5-6-14-28-27(32)33-16-23-20-10-3-1-8-18(20)19-9-2-4-11-21(19)23/h1-4,8-13,15,23H,6,14,16H2,(H,28,32)(H,29,30,31). The number of alkyl carbamates (subject to hydrolysis) is 1. The molecule has 5 rings (SSSR count). The maximum absolute atomic E-state index is 12.2. The lowest BCUT2D eigenvalue weighted by molar-refractivity contribution is -0.112. The van der Waals surface area contributed by atoms with E-state index in [0.717, 1.165) is 0 Å². The Balaban J connectivity index is 1.13. The number of carbonyl (C=O) groups excluding carboxylic acids is 3. The highest BCUT2D eigenvalue weighted by Crippen LogP contribution is 2.44. The number of anilines is 1. The van der Waals surface area contributed by atoms with Gasteiger partial charge in [-0.1, -0.05) is 60.4 Å². The van der Waals surface area contributed by atoms with Crippen LogP contribution in [-0.4, -0.2) is 30.9 Å². The van der Waals surface area contributed by atoms with Gasteiger partial charge >= 0.3 is 6.09 Å². The molecule has 1 aliphatic carbocycles. The number of Topliss-reactive ketones (excluding diaryl/α,β-unsaturated/α-hetero) is 1. The smallest absolute Gasteiger partial charge is 0.407 e. The molecule has 0 spiro atoms. The first-order valence-electron chi connectivity index (χ1n) is 10.7. The van der Waals surface area contributed by atoms with E-state index >= 15 is 0 Å². The summed E-state index contributed by atoms with van der Waals surface area (Å²) in [5.41, 5.74) is 6.19. The van der Waals surface area contributed by atoms with E-state index in [1.54, 1.807) is 18.2 Å². The van der Waals surface area contributed by atoms with Gasteiger partial charge in [-0.15, -0.1) is 0 Å². The molecule has 3 aromatic carbocycles. The molecule has 2 amide bonds. The summed E-state index contributed by atoms with van der Waals surface area (Å²) in [7, 11) is 0. The molecule has 0 radical (unpaired) electrons. The number of hydrogen-bond acceptors (Lipinski definition) is 4. The van der Waals surface area contributed by atoms with E-state index in [2.05, 4.69) is 46.7 Å². The first-order valence-corrected chi connectivity index (χ1v) is 10.7. The highest BCUT2D eigenvalue weighted by atomic mass is 16.5. The minimum Gasteiger partial charge on any atom is -0.449 e. The fraction of sp³-hybridized carbons (Fsp3) is 0.148. The fourth-order valence-electron chi connectivity index (χ4n) is 4.26. The Bertz CT molecular complexity index is 1300. The lowest BCUT2D eigenvalue weighted by atomic mass is 9.98. The zero-order valence-electron chi connectivity index (χ0n) is 17.7. The average molecular weight is 436 g/mol. The van der Waals surface area contributed by atoms with Crippen LogP contribution >= 0.6 is 0 Å². The van der Waals surface area contributed by atoms with Crippen molar-refractivity contribution in [2.24, 2.45) is 0 Å². The Morgan fingerprint density at radius 1 is 0.939 bits per heavy atom. The van der Waals surface area contributed by atoms with Gasteiger partial charge in [0.2, 0.25) is 0 Å². The number of ketones is 1. The number of carbonyl (C=O) groups is 3. The Morgan fingerprint density at radius 3 is 2.36 bits per heavy atom. The fourth-order valence-corrected chi connectivity index (χ4v) is 4.26. The van der Waals surface area contributed by atoms with Gasteiger partial charge in [-0.2, -0.15) is 0 Å². The van der Waals surface area contributed by atoms with E-state index in [4.69, 9.17) is 4.74 Å². The SMILES string of the molecule is O=C(NCCC#Cc1ccc2c(c1)C(=O)C(=O)N2)OCC1c2ccccc2-c2ccccc21. The van der Waals surface area contributed by atoms with Crippen molar-refractivity contribution in [2.45, 2.75) is 12.3 Å². The highest BCUT2D eigenvalue weighted by molar-refractivity contribution is 6.51. The van der Waals surface area contributed by atoms with E-state index in [1.807, 2.05) is 24.3 Å². The van der Waals surface area contributed by atoms with Gasteiger partial charge in [-0.3, -0.25) is 9.59 Å². The zero-order valence-corrected chi connectivity index (χ0v) is 17.7. The Hall–Kier alpha value is -4.37. The van der Waals surface area contributed by atoms with Crippen LogP contribution in [0.3, 0.4) is 0 Å². The maximum Gasteiger partial charge on any atom is 0.407 e. The number of nitrogens with one attached hydrogen (secondary N) is 2. The highest BCUT2D eigenvalue weighted by Gasteiger charge is 2.29. The van der Waals surface area contributed by atoms with Crippen molar-refractivity contribution in [1.29, 1.82) is 0 Å². The number of amides is 2. The summed E-state index contributed by atoms with van der Waals surface area (Å²) >= 11 is 0. The van der Waals surface area contributed by atoms with Crippen LogP contribution in [0.5, 0.6) is 0 Å². The molecule has 1 heterocycles. The Morgan fingerprint density at radius 2 is 1.64 bits per heavy atom. The number of hydrogen-bond donors (Lipinski definition) is 2. The molecule has 33 heavy (non-hydrogen) atoms. The quantitative estimate of drug-likeness (QED) is 0.366. The number of ether oxygens (including phenoxy) is 1. The minimum absolute atomic E-state index is 0.0202. The lowest BCUT2D eigenvalue weighted by Gasteiger charge is -2.14. The molecule has 1 aliphatic heterocycles. The second kappa shape index (κ2) is 8.64. The summed E-state index contributed by atoms with van der Waals surface area (Å²) in [4.78, 5) is 35.4. The second-order valence-electron chi connectivity index (χ2n) is 7.85. The summed E-state index contributed by atoms with van der Waals surface area (Å²) in [5, 5.41) is 5.23. The average Bonchev–Trinajstić information content (AvgIpc) is 3.31. The van der Waals surface area contributed by atoms with E-state index < -0.39 is 17.8 Å². The third kappa shape index (κ3) is 3.97. The van der Waals surface area contributed by atoms with Crippen LogP contribution in [0.25, 0.3) is 11.1 Å². The van der Waals surface area contributed by atoms with E-state index in [0.29, 0.717) is 29.8 Å². The number of benzene rings is 3. The van der Waals surface area contributed by atoms with Gasteiger partial charge in [0.15, 0.2) is 0 Å². The van der Waals surface area contributed by atoms with Crippen molar-refractivity contribution in [3.8, 4) is 23.0 Å². The topological polar surface area (TPSA) is 84.5 Å². The third-order valence-corrected chi connectivity index (χ3v) is 5.81. The van der Waals surface area contributed by atoms with Gasteiger partial charge in [-0.05, 0) is 40.5 Å². The van der Waals surface area contributed by atoms with Crippen molar-refractivity contribution in [2.75, 3.05) is 18.5 Å². The first kappa shape index (κ1) is 20.5. The first-order chi connectivity index (χ1) is 16.1. The molecule has 0 saturated carbocycles. The molecular weight excluding hydrogens is 416 g/mol. The van der Waals surface area contributed by atoms with E-state index in [9.17, 15) is 14.4 Å². The minimum atomic E-state index is -0.623. The lowest BCUT2D eigenvalue weighted by Crippen LogP contribution is -2.26. The van der Waals surface area contributed by atoms with Crippen LogP contribution in [0.2, 0.25) is 0 Å². The van der Waals surface area contributed by atoms with Gasteiger partial charge in [-0.25, -0.2) is 4.79 Å². The number of rotatable bonds is 4. The molecule has 2 N–H and O–H groups in total. The Kier molecular flexibility index (Phi) is 5.37. The van der Waals surface area contributed by atoms with Crippen LogP contribution in [0.4, 0.5) is 10.5 Å². The Labute approximate surface area is 191 Å². The largest absolute Gasteiger partial charge is 0.449 e. The molecule has 162 valence electrons. The normalized spacial score (nSPS) is 13.3. The molecular formula is C27H20N2O4. The predicted octanol–water partition coefficient (Wildman–Crippen LogP) is 4.10. The molecule has 0 saturated heterocycles. The summed E-state index contributed by atoms with van der Waals surface area (Å²) in [6.07, 6.45) is -0.0572.